The third-order valence-electron chi connectivity index (χ3n) is 10.1. The van der Waals surface area contributed by atoms with Gasteiger partial charge in [-0.05, 0) is 78.2 Å². The van der Waals surface area contributed by atoms with Gasteiger partial charge in [-0.3, -0.25) is 29.7 Å². The van der Waals surface area contributed by atoms with Gasteiger partial charge in [0.2, 0.25) is 0 Å². The lowest BCUT2D eigenvalue weighted by molar-refractivity contribution is -0.384. The first kappa shape index (κ1) is 40.6. The van der Waals surface area contributed by atoms with Gasteiger partial charge in [-0.2, -0.15) is 0 Å². The minimum absolute atomic E-state index is 0.0401. The van der Waals surface area contributed by atoms with Gasteiger partial charge in [-0.1, -0.05) is 48.0 Å². The molecule has 0 saturated carbocycles. The molecule has 5 aromatic rings. The SMILES string of the molecule is O=C(NS(=O)(=O)c1ccc(NCCCN2CCOCC2)c([N+](=O)[O-])c1)c1ccc(N2CCN(Cc3ccccc3-c3ccc(Cl)cc3)CC2)cc1Oc1cccnc1. The van der Waals surface area contributed by atoms with E-state index >= 15 is 0 Å². The molecule has 2 N–H and O–H groups in total. The molecule has 0 aliphatic carbocycles. The van der Waals surface area contributed by atoms with Gasteiger partial charge in [-0.15, -0.1) is 0 Å². The largest absolute Gasteiger partial charge is 0.455 e. The molecule has 302 valence electrons. The van der Waals surface area contributed by atoms with Crippen LogP contribution in [0.1, 0.15) is 22.3 Å². The maximum Gasteiger partial charge on any atom is 0.293 e. The number of sulfonamides is 1. The first-order valence-electron chi connectivity index (χ1n) is 19.1. The molecule has 2 saturated heterocycles. The Morgan fingerprint density at radius 1 is 0.897 bits per heavy atom. The lowest BCUT2D eigenvalue weighted by Gasteiger charge is -2.36. The second kappa shape index (κ2) is 18.8. The normalized spacial score (nSPS) is 15.2. The maximum absolute atomic E-state index is 13.7. The number of nitrogens with zero attached hydrogens (tertiary/aromatic N) is 5. The Morgan fingerprint density at radius 3 is 2.41 bits per heavy atom. The summed E-state index contributed by atoms with van der Waals surface area (Å²) in [6.45, 7) is 8.01. The summed E-state index contributed by atoms with van der Waals surface area (Å²) in [6, 6.07) is 28.1. The Labute approximate surface area is 342 Å². The van der Waals surface area contributed by atoms with Gasteiger partial charge in [0.05, 0.1) is 34.8 Å². The van der Waals surface area contributed by atoms with Crippen LogP contribution in [0.4, 0.5) is 17.1 Å². The third-order valence-corrected chi connectivity index (χ3v) is 11.7. The quantitative estimate of drug-likeness (QED) is 0.0657. The highest BCUT2D eigenvalue weighted by atomic mass is 35.5. The van der Waals surface area contributed by atoms with Crippen molar-refractivity contribution in [1.29, 1.82) is 0 Å². The van der Waals surface area contributed by atoms with E-state index < -0.39 is 31.4 Å². The Kier molecular flexibility index (Phi) is 13.2. The molecule has 0 bridgehead atoms. The molecule has 16 heteroatoms. The Hall–Kier alpha value is -5.58. The molecule has 2 aliphatic heterocycles. The molecule has 0 radical (unpaired) electrons. The number of aromatic nitrogens is 1. The summed E-state index contributed by atoms with van der Waals surface area (Å²) in [6.07, 6.45) is 3.80. The summed E-state index contributed by atoms with van der Waals surface area (Å²) < 4.78 is 40.7. The van der Waals surface area contributed by atoms with E-state index in [0.29, 0.717) is 43.6 Å². The molecule has 2 fully saturated rings. The Bertz CT molecular complexity index is 2320. The van der Waals surface area contributed by atoms with E-state index in [4.69, 9.17) is 21.1 Å². The number of pyridine rings is 1. The van der Waals surface area contributed by atoms with Crippen molar-refractivity contribution < 1.29 is 27.6 Å². The number of nitrogens with one attached hydrogen (secondary N) is 2. The first-order valence-corrected chi connectivity index (χ1v) is 20.9. The zero-order valence-electron chi connectivity index (χ0n) is 31.8. The van der Waals surface area contributed by atoms with Gasteiger partial charge in [0.15, 0.2) is 0 Å². The van der Waals surface area contributed by atoms with Gasteiger partial charge in [-0.25, -0.2) is 13.1 Å². The van der Waals surface area contributed by atoms with E-state index in [1.165, 1.54) is 30.0 Å². The van der Waals surface area contributed by atoms with Crippen molar-refractivity contribution in [1.82, 2.24) is 19.5 Å². The summed E-state index contributed by atoms with van der Waals surface area (Å²) in [5, 5.41) is 15.8. The number of morpholine rings is 1. The van der Waals surface area contributed by atoms with Gasteiger partial charge >= 0.3 is 0 Å². The highest BCUT2D eigenvalue weighted by Crippen LogP contribution is 2.33. The van der Waals surface area contributed by atoms with Crippen molar-refractivity contribution in [3.8, 4) is 22.6 Å². The number of carbonyl (C=O) groups is 1. The number of carbonyl (C=O) groups excluding carboxylic acids is 1. The lowest BCUT2D eigenvalue weighted by Crippen LogP contribution is -2.46. The van der Waals surface area contributed by atoms with Crippen molar-refractivity contribution in [3.05, 3.63) is 136 Å². The summed E-state index contributed by atoms with van der Waals surface area (Å²) >= 11 is 6.14. The summed E-state index contributed by atoms with van der Waals surface area (Å²) in [5.41, 5.74) is 4.00. The van der Waals surface area contributed by atoms with Crippen molar-refractivity contribution >= 4 is 44.6 Å². The van der Waals surface area contributed by atoms with Crippen LogP contribution in [-0.2, 0) is 21.3 Å². The number of nitro benzene ring substituents is 1. The predicted molar refractivity (Wildman–Crippen MR) is 223 cm³/mol. The third kappa shape index (κ3) is 10.3. The minimum Gasteiger partial charge on any atom is -0.455 e. The first-order chi connectivity index (χ1) is 28.1. The summed E-state index contributed by atoms with van der Waals surface area (Å²) in [5.74, 6) is -0.480. The molecule has 1 aromatic heterocycles. The number of piperazine rings is 1. The fourth-order valence-corrected chi connectivity index (χ4v) is 8.17. The fourth-order valence-electron chi connectivity index (χ4n) is 7.05. The van der Waals surface area contributed by atoms with Crippen LogP contribution in [0.25, 0.3) is 11.1 Å². The predicted octanol–water partition coefficient (Wildman–Crippen LogP) is 6.68. The van der Waals surface area contributed by atoms with Crippen LogP contribution in [0.3, 0.4) is 0 Å². The van der Waals surface area contributed by atoms with E-state index in [-0.39, 0.29) is 17.0 Å². The molecule has 0 atom stereocenters. The van der Waals surface area contributed by atoms with Crippen molar-refractivity contribution in [2.75, 3.05) is 75.8 Å². The fraction of sp³-hybridized carbons (Fsp3) is 0.286. The summed E-state index contributed by atoms with van der Waals surface area (Å²) in [7, 11) is -4.54. The van der Waals surface area contributed by atoms with Crippen LogP contribution in [0.2, 0.25) is 5.02 Å². The number of ether oxygens (including phenoxy) is 2. The van der Waals surface area contributed by atoms with Gasteiger partial charge in [0.1, 0.15) is 17.2 Å². The second-order valence-corrected chi connectivity index (χ2v) is 16.1. The number of rotatable bonds is 15. The van der Waals surface area contributed by atoms with Gasteiger partial charge in [0, 0.05) is 81.4 Å². The highest BCUT2D eigenvalue weighted by Gasteiger charge is 2.27. The minimum atomic E-state index is -4.54. The molecule has 7 rings (SSSR count). The maximum atomic E-state index is 13.7. The highest BCUT2D eigenvalue weighted by molar-refractivity contribution is 7.90. The summed E-state index contributed by atoms with van der Waals surface area (Å²) in [4.78, 5) is 35.6. The van der Waals surface area contributed by atoms with Crippen LogP contribution in [-0.4, -0.2) is 99.6 Å². The standard InChI is InChI=1S/C42H44ClN7O7S/c43-33-10-8-31(9-11-33)37-7-2-1-5-32(37)30-48-19-21-49(22-20-48)34-12-14-38(41(27-34)57-35-6-3-16-44-29-35)42(51)46-58(54,55)36-13-15-39(40(28-36)50(52)53)45-17-4-18-47-23-25-56-26-24-47/h1-3,5-16,27-29,45H,4,17-26,30H2,(H,46,51). The van der Waals surface area contributed by atoms with E-state index in [0.717, 1.165) is 68.6 Å². The molecule has 0 unspecified atom stereocenters. The zero-order valence-corrected chi connectivity index (χ0v) is 33.3. The van der Waals surface area contributed by atoms with Crippen LogP contribution in [0, 0.1) is 10.1 Å². The molecule has 14 nitrogen and oxygen atoms in total. The van der Waals surface area contributed by atoms with Crippen molar-refractivity contribution in [2.24, 2.45) is 0 Å². The van der Waals surface area contributed by atoms with Gasteiger partial charge in [0.25, 0.3) is 21.6 Å². The number of anilines is 2. The molecule has 2 aliphatic rings. The molecule has 4 aromatic carbocycles. The number of halogens is 1. The molecule has 58 heavy (non-hydrogen) atoms. The van der Waals surface area contributed by atoms with Crippen LogP contribution >= 0.6 is 11.6 Å². The van der Waals surface area contributed by atoms with E-state index in [2.05, 4.69) is 41.9 Å². The van der Waals surface area contributed by atoms with Crippen LogP contribution in [0.5, 0.6) is 11.5 Å². The molecular formula is C42H44ClN7O7S. The average Bonchev–Trinajstić information content (AvgIpc) is 3.24. The number of hydrogen-bond donors (Lipinski definition) is 2. The smallest absolute Gasteiger partial charge is 0.293 e. The second-order valence-electron chi connectivity index (χ2n) is 14.0. The van der Waals surface area contributed by atoms with Crippen LogP contribution in [0.15, 0.2) is 114 Å². The molecule has 3 heterocycles. The number of hydrogen-bond acceptors (Lipinski definition) is 12. The topological polar surface area (TPSA) is 159 Å². The Balaban J connectivity index is 1.03. The molecule has 1 amide bonds. The van der Waals surface area contributed by atoms with Crippen molar-refractivity contribution in [2.45, 2.75) is 17.9 Å². The van der Waals surface area contributed by atoms with E-state index in [9.17, 15) is 23.3 Å². The monoisotopic (exact) mass is 825 g/mol. The molecule has 0 spiro atoms. The van der Waals surface area contributed by atoms with E-state index in [1.54, 1.807) is 30.5 Å². The zero-order chi connectivity index (χ0) is 40.5. The average molecular weight is 826 g/mol. The lowest BCUT2D eigenvalue weighted by atomic mass is 9.99. The molecular weight excluding hydrogens is 782 g/mol. The number of amides is 1. The van der Waals surface area contributed by atoms with E-state index in [1.807, 2.05) is 36.4 Å². The number of nitro groups is 1. The van der Waals surface area contributed by atoms with Crippen molar-refractivity contribution in [3.63, 3.8) is 0 Å². The van der Waals surface area contributed by atoms with Crippen LogP contribution < -0.4 is 19.7 Å². The number of benzene rings is 4. The Morgan fingerprint density at radius 2 is 1.67 bits per heavy atom. The van der Waals surface area contributed by atoms with Gasteiger partial charge < -0.3 is 19.7 Å².